The molecule has 1 aromatic heterocycles. The van der Waals surface area contributed by atoms with Gasteiger partial charge >= 0.3 is 0 Å². The molecule has 0 radical (unpaired) electrons. The van der Waals surface area contributed by atoms with Crippen LogP contribution in [-0.4, -0.2) is 72.3 Å². The summed E-state index contributed by atoms with van der Waals surface area (Å²) in [7, 11) is 5.66. The molecule has 7 heteroatoms. The Labute approximate surface area is 152 Å². The standard InChI is InChI=1S/C19H25FN4O2/c1-22(2)6-7-24-11-14(10-18(24)25)19(26)23(3)12-16-9-13-8-15(20)4-5-17(13)21-16/h4-5,8-9,14,21H,6-7,10-12H2,1-3H3/t14-/m1/s1. The number of fused-ring (bicyclic) bond motifs is 1. The maximum Gasteiger partial charge on any atom is 0.228 e. The van der Waals surface area contributed by atoms with Crippen molar-refractivity contribution in [2.75, 3.05) is 40.8 Å². The molecule has 2 amide bonds. The summed E-state index contributed by atoms with van der Waals surface area (Å²) in [6.07, 6.45) is 0.272. The van der Waals surface area contributed by atoms with Crippen LogP contribution in [0.3, 0.4) is 0 Å². The normalized spacial score (nSPS) is 17.5. The number of carbonyl (C=O) groups is 2. The lowest BCUT2D eigenvalue weighted by molar-refractivity contribution is -0.135. The molecule has 0 spiro atoms. The van der Waals surface area contributed by atoms with Gasteiger partial charge in [-0.25, -0.2) is 4.39 Å². The second-order valence-electron chi connectivity index (χ2n) is 7.26. The van der Waals surface area contributed by atoms with Crippen molar-refractivity contribution < 1.29 is 14.0 Å². The lowest BCUT2D eigenvalue weighted by Crippen LogP contribution is -2.36. The summed E-state index contributed by atoms with van der Waals surface area (Å²) < 4.78 is 13.3. The Morgan fingerprint density at radius 2 is 2.08 bits per heavy atom. The summed E-state index contributed by atoms with van der Waals surface area (Å²) >= 11 is 0. The van der Waals surface area contributed by atoms with E-state index >= 15 is 0 Å². The van der Waals surface area contributed by atoms with Crippen molar-refractivity contribution in [1.82, 2.24) is 19.7 Å². The van der Waals surface area contributed by atoms with Crippen molar-refractivity contribution in [2.24, 2.45) is 5.92 Å². The minimum atomic E-state index is -0.295. The third-order valence-electron chi connectivity index (χ3n) is 4.80. The number of halogens is 1. The van der Waals surface area contributed by atoms with Gasteiger partial charge in [-0.05, 0) is 38.4 Å². The largest absolute Gasteiger partial charge is 0.357 e. The van der Waals surface area contributed by atoms with Gasteiger partial charge in [0.1, 0.15) is 5.82 Å². The SMILES string of the molecule is CN(C)CCN1C[C@H](C(=O)N(C)Cc2cc3cc(F)ccc3[nH]2)CC1=O. The summed E-state index contributed by atoms with van der Waals surface area (Å²) in [5.74, 6) is -0.568. The summed E-state index contributed by atoms with van der Waals surface area (Å²) in [6, 6.07) is 6.42. The number of carbonyl (C=O) groups excluding carboxylic acids is 2. The van der Waals surface area contributed by atoms with E-state index in [-0.39, 0.29) is 30.0 Å². The minimum absolute atomic E-state index is 0.0319. The van der Waals surface area contributed by atoms with Crippen molar-refractivity contribution >= 4 is 22.7 Å². The van der Waals surface area contributed by atoms with E-state index in [1.807, 2.05) is 25.1 Å². The van der Waals surface area contributed by atoms with E-state index in [9.17, 15) is 14.0 Å². The van der Waals surface area contributed by atoms with Crippen molar-refractivity contribution in [3.05, 3.63) is 35.8 Å². The summed E-state index contributed by atoms with van der Waals surface area (Å²) in [6.45, 7) is 2.31. The van der Waals surface area contributed by atoms with Gasteiger partial charge in [-0.15, -0.1) is 0 Å². The highest BCUT2D eigenvalue weighted by Gasteiger charge is 2.35. The lowest BCUT2D eigenvalue weighted by atomic mass is 10.1. The highest BCUT2D eigenvalue weighted by atomic mass is 19.1. The summed E-state index contributed by atoms with van der Waals surface area (Å²) in [5, 5.41) is 0.784. The van der Waals surface area contributed by atoms with E-state index in [2.05, 4.69) is 4.98 Å². The fourth-order valence-corrected chi connectivity index (χ4v) is 3.37. The van der Waals surface area contributed by atoms with Gasteiger partial charge in [-0.3, -0.25) is 9.59 Å². The predicted molar refractivity (Wildman–Crippen MR) is 98.0 cm³/mol. The van der Waals surface area contributed by atoms with Gasteiger partial charge in [0.15, 0.2) is 0 Å². The number of amides is 2. The van der Waals surface area contributed by atoms with Crippen LogP contribution in [0.2, 0.25) is 0 Å². The fraction of sp³-hybridized carbons (Fsp3) is 0.474. The molecule has 1 saturated heterocycles. The third kappa shape index (κ3) is 4.04. The molecule has 1 aromatic carbocycles. The minimum Gasteiger partial charge on any atom is -0.357 e. The Kier molecular flexibility index (Phi) is 5.27. The Balaban J connectivity index is 1.61. The molecular formula is C19H25FN4O2. The first-order chi connectivity index (χ1) is 12.3. The monoisotopic (exact) mass is 360 g/mol. The number of benzene rings is 1. The molecule has 2 aromatic rings. The van der Waals surface area contributed by atoms with Crippen LogP contribution in [0.1, 0.15) is 12.1 Å². The number of aromatic nitrogens is 1. The lowest BCUT2D eigenvalue weighted by Gasteiger charge is -2.22. The van der Waals surface area contributed by atoms with Crippen LogP contribution >= 0.6 is 0 Å². The predicted octanol–water partition coefficient (Wildman–Crippen LogP) is 1.68. The number of nitrogens with one attached hydrogen (secondary N) is 1. The topological polar surface area (TPSA) is 59.6 Å². The molecule has 2 heterocycles. The van der Waals surface area contributed by atoms with Crippen molar-refractivity contribution in [3.63, 3.8) is 0 Å². The molecule has 1 atom stereocenters. The van der Waals surface area contributed by atoms with Crippen molar-refractivity contribution in [3.8, 4) is 0 Å². The molecule has 26 heavy (non-hydrogen) atoms. The van der Waals surface area contributed by atoms with Gasteiger partial charge in [-0.2, -0.15) is 0 Å². The van der Waals surface area contributed by atoms with Gasteiger partial charge in [0.2, 0.25) is 11.8 Å². The number of rotatable bonds is 6. The summed E-state index contributed by atoms with van der Waals surface area (Å²) in [4.78, 5) is 33.5. The highest BCUT2D eigenvalue weighted by Crippen LogP contribution is 2.22. The van der Waals surface area contributed by atoms with Crippen LogP contribution in [0.15, 0.2) is 24.3 Å². The number of likely N-dealkylation sites (N-methyl/N-ethyl adjacent to an activating group) is 1. The molecule has 0 bridgehead atoms. The molecule has 1 aliphatic heterocycles. The van der Waals surface area contributed by atoms with Gasteiger partial charge in [0, 0.05) is 49.7 Å². The van der Waals surface area contributed by atoms with E-state index in [4.69, 9.17) is 0 Å². The molecule has 1 fully saturated rings. The highest BCUT2D eigenvalue weighted by molar-refractivity contribution is 5.89. The molecule has 3 rings (SSSR count). The molecule has 1 aliphatic rings. The van der Waals surface area contributed by atoms with Crippen LogP contribution in [0.25, 0.3) is 10.9 Å². The van der Waals surface area contributed by atoms with Crippen molar-refractivity contribution in [2.45, 2.75) is 13.0 Å². The molecule has 0 unspecified atom stereocenters. The molecule has 6 nitrogen and oxygen atoms in total. The second-order valence-corrected chi connectivity index (χ2v) is 7.26. The summed E-state index contributed by atoms with van der Waals surface area (Å²) in [5.41, 5.74) is 1.68. The average Bonchev–Trinajstić information content (AvgIpc) is 3.14. The van der Waals surface area contributed by atoms with Gasteiger partial charge in [-0.1, -0.05) is 0 Å². The Hall–Kier alpha value is -2.41. The Bertz CT molecular complexity index is 817. The Morgan fingerprint density at radius 3 is 2.81 bits per heavy atom. The zero-order valence-corrected chi connectivity index (χ0v) is 15.5. The second kappa shape index (κ2) is 7.45. The first kappa shape index (κ1) is 18.4. The van der Waals surface area contributed by atoms with Crippen LogP contribution in [0.5, 0.6) is 0 Å². The zero-order chi connectivity index (χ0) is 18.8. The number of hydrogen-bond acceptors (Lipinski definition) is 3. The average molecular weight is 360 g/mol. The van der Waals surface area contributed by atoms with Crippen molar-refractivity contribution in [1.29, 1.82) is 0 Å². The van der Waals surface area contributed by atoms with Gasteiger partial charge in [0.05, 0.1) is 12.5 Å². The third-order valence-corrected chi connectivity index (χ3v) is 4.80. The Morgan fingerprint density at radius 1 is 1.31 bits per heavy atom. The number of aromatic amines is 1. The van der Waals surface area contributed by atoms with E-state index in [0.717, 1.165) is 23.1 Å². The van der Waals surface area contributed by atoms with Gasteiger partial charge in [0.25, 0.3) is 0 Å². The quantitative estimate of drug-likeness (QED) is 0.853. The maximum atomic E-state index is 13.3. The van der Waals surface area contributed by atoms with Crippen LogP contribution in [0, 0.1) is 11.7 Å². The van der Waals surface area contributed by atoms with E-state index in [1.165, 1.54) is 12.1 Å². The number of hydrogen-bond donors (Lipinski definition) is 1. The molecular weight excluding hydrogens is 335 g/mol. The van der Waals surface area contributed by atoms with Gasteiger partial charge < -0.3 is 19.7 Å². The van der Waals surface area contributed by atoms with E-state index < -0.39 is 0 Å². The van der Waals surface area contributed by atoms with Crippen LogP contribution < -0.4 is 0 Å². The molecule has 140 valence electrons. The number of H-pyrrole nitrogens is 1. The smallest absolute Gasteiger partial charge is 0.228 e. The molecule has 1 N–H and O–H groups in total. The molecule has 0 aliphatic carbocycles. The van der Waals surface area contributed by atoms with E-state index in [0.29, 0.717) is 19.6 Å². The first-order valence-corrected chi connectivity index (χ1v) is 8.78. The number of likely N-dealkylation sites (tertiary alicyclic amines) is 1. The van der Waals surface area contributed by atoms with Crippen LogP contribution in [0.4, 0.5) is 4.39 Å². The zero-order valence-electron chi connectivity index (χ0n) is 15.5. The first-order valence-electron chi connectivity index (χ1n) is 8.78. The molecule has 0 saturated carbocycles. The maximum absolute atomic E-state index is 13.3. The number of nitrogens with zero attached hydrogens (tertiary/aromatic N) is 3. The van der Waals surface area contributed by atoms with Crippen LogP contribution in [-0.2, 0) is 16.1 Å². The van der Waals surface area contributed by atoms with E-state index in [1.54, 1.807) is 22.9 Å². The fourth-order valence-electron chi connectivity index (χ4n) is 3.37.